The minimum Gasteiger partial charge on any atom is -0.497 e. The highest BCUT2D eigenvalue weighted by Gasteiger charge is 2.27. The number of hydrogen-bond acceptors (Lipinski definition) is 5. The van der Waals surface area contributed by atoms with Crippen molar-refractivity contribution in [3.63, 3.8) is 0 Å². The Morgan fingerprint density at radius 3 is 2.35 bits per heavy atom. The Hall–Kier alpha value is -2.77. The fourth-order valence-electron chi connectivity index (χ4n) is 3.26. The molecule has 0 bridgehead atoms. The standard InChI is InChI=1S/C23H27ClN2O5/c1-17(30-15-18-4-3-5-21(14-18)29-2)23(28)26-12-10-25(11-13-26)22(27)16-31-20-8-6-19(24)7-9-20/h3-9,14,17H,10-13,15-16H2,1-2H3/t17-/m1/s1. The number of nitrogens with zero attached hydrogens (tertiary/aromatic N) is 2. The van der Waals surface area contributed by atoms with E-state index in [4.69, 9.17) is 25.8 Å². The Balaban J connectivity index is 1.41. The van der Waals surface area contributed by atoms with Crippen molar-refractivity contribution < 1.29 is 23.8 Å². The van der Waals surface area contributed by atoms with Crippen molar-refractivity contribution in [1.29, 1.82) is 0 Å². The molecule has 1 aliphatic heterocycles. The molecule has 0 N–H and O–H groups in total. The predicted octanol–water partition coefficient (Wildman–Crippen LogP) is 3.00. The van der Waals surface area contributed by atoms with Gasteiger partial charge in [0.2, 0.25) is 0 Å². The molecule has 1 fully saturated rings. The lowest BCUT2D eigenvalue weighted by Gasteiger charge is -2.35. The number of halogens is 1. The third-order valence-corrected chi connectivity index (χ3v) is 5.35. The zero-order valence-corrected chi connectivity index (χ0v) is 18.5. The average molecular weight is 447 g/mol. The Kier molecular flexibility index (Phi) is 8.14. The molecule has 2 aromatic carbocycles. The molecule has 0 saturated carbocycles. The lowest BCUT2D eigenvalue weighted by molar-refractivity contribution is -0.148. The van der Waals surface area contributed by atoms with Crippen molar-refractivity contribution in [2.75, 3.05) is 39.9 Å². The highest BCUT2D eigenvalue weighted by molar-refractivity contribution is 6.30. The first-order valence-electron chi connectivity index (χ1n) is 10.2. The van der Waals surface area contributed by atoms with Gasteiger partial charge in [-0.05, 0) is 48.9 Å². The van der Waals surface area contributed by atoms with Gasteiger partial charge in [0, 0.05) is 31.2 Å². The second kappa shape index (κ2) is 11.0. The number of carbonyl (C=O) groups is 2. The Bertz CT molecular complexity index is 882. The van der Waals surface area contributed by atoms with Crippen LogP contribution >= 0.6 is 11.6 Å². The van der Waals surface area contributed by atoms with Crippen LogP contribution in [-0.4, -0.2) is 67.6 Å². The molecule has 3 rings (SSSR count). The third kappa shape index (κ3) is 6.60. The van der Waals surface area contributed by atoms with Gasteiger partial charge in [0.1, 0.15) is 17.6 Å². The number of piperazine rings is 1. The lowest BCUT2D eigenvalue weighted by Crippen LogP contribution is -2.53. The number of ether oxygens (including phenoxy) is 3. The van der Waals surface area contributed by atoms with Gasteiger partial charge in [0.05, 0.1) is 13.7 Å². The van der Waals surface area contributed by atoms with Gasteiger partial charge in [-0.2, -0.15) is 0 Å². The van der Waals surface area contributed by atoms with Crippen molar-refractivity contribution in [1.82, 2.24) is 9.80 Å². The quantitative estimate of drug-likeness (QED) is 0.623. The monoisotopic (exact) mass is 446 g/mol. The van der Waals surface area contributed by atoms with Crippen molar-refractivity contribution in [2.24, 2.45) is 0 Å². The van der Waals surface area contributed by atoms with Crippen LogP contribution in [0.3, 0.4) is 0 Å². The van der Waals surface area contributed by atoms with Gasteiger partial charge in [0.15, 0.2) is 6.61 Å². The van der Waals surface area contributed by atoms with Crippen LogP contribution in [0.2, 0.25) is 5.02 Å². The zero-order valence-electron chi connectivity index (χ0n) is 17.8. The van der Waals surface area contributed by atoms with E-state index in [2.05, 4.69) is 0 Å². The van der Waals surface area contributed by atoms with Crippen molar-refractivity contribution >= 4 is 23.4 Å². The molecule has 2 aromatic rings. The predicted molar refractivity (Wildman–Crippen MR) is 117 cm³/mol. The van der Waals surface area contributed by atoms with Crippen LogP contribution in [0.1, 0.15) is 12.5 Å². The van der Waals surface area contributed by atoms with Gasteiger partial charge in [-0.1, -0.05) is 23.7 Å². The van der Waals surface area contributed by atoms with E-state index < -0.39 is 6.10 Å². The minimum atomic E-state index is -0.568. The number of hydrogen-bond donors (Lipinski definition) is 0. The van der Waals surface area contributed by atoms with Crippen LogP contribution in [0.4, 0.5) is 0 Å². The molecule has 1 saturated heterocycles. The van der Waals surface area contributed by atoms with Gasteiger partial charge in [-0.15, -0.1) is 0 Å². The number of carbonyl (C=O) groups excluding carboxylic acids is 2. The van der Waals surface area contributed by atoms with E-state index in [1.165, 1.54) is 0 Å². The molecule has 7 nitrogen and oxygen atoms in total. The lowest BCUT2D eigenvalue weighted by atomic mass is 10.2. The molecule has 1 heterocycles. The summed E-state index contributed by atoms with van der Waals surface area (Å²) in [5.41, 5.74) is 0.940. The summed E-state index contributed by atoms with van der Waals surface area (Å²) in [7, 11) is 1.61. The van der Waals surface area contributed by atoms with Gasteiger partial charge in [0.25, 0.3) is 11.8 Å². The molecule has 0 unspecified atom stereocenters. The molecule has 31 heavy (non-hydrogen) atoms. The van der Waals surface area contributed by atoms with E-state index in [-0.39, 0.29) is 18.4 Å². The third-order valence-electron chi connectivity index (χ3n) is 5.10. The first kappa shape index (κ1) is 22.9. The van der Waals surface area contributed by atoms with Crippen molar-refractivity contribution in [2.45, 2.75) is 19.6 Å². The normalized spacial score (nSPS) is 14.8. The van der Waals surface area contributed by atoms with E-state index in [0.29, 0.717) is 43.6 Å². The van der Waals surface area contributed by atoms with Crippen LogP contribution < -0.4 is 9.47 Å². The summed E-state index contributed by atoms with van der Waals surface area (Å²) >= 11 is 5.84. The van der Waals surface area contributed by atoms with E-state index in [0.717, 1.165) is 11.3 Å². The average Bonchev–Trinajstić information content (AvgIpc) is 2.81. The molecule has 2 amide bonds. The molecule has 166 valence electrons. The maximum atomic E-state index is 12.7. The van der Waals surface area contributed by atoms with Crippen LogP contribution in [0.25, 0.3) is 0 Å². The van der Waals surface area contributed by atoms with E-state index >= 15 is 0 Å². The topological polar surface area (TPSA) is 68.3 Å². The van der Waals surface area contributed by atoms with E-state index in [1.807, 2.05) is 24.3 Å². The van der Waals surface area contributed by atoms with Gasteiger partial charge >= 0.3 is 0 Å². The Morgan fingerprint density at radius 1 is 1.00 bits per heavy atom. The molecular weight excluding hydrogens is 420 g/mol. The fourth-order valence-corrected chi connectivity index (χ4v) is 3.38. The molecule has 0 radical (unpaired) electrons. The molecular formula is C23H27ClN2O5. The van der Waals surface area contributed by atoms with Crippen molar-refractivity contribution in [3.05, 3.63) is 59.1 Å². The largest absolute Gasteiger partial charge is 0.497 e. The molecule has 1 aliphatic rings. The Labute approximate surface area is 187 Å². The Morgan fingerprint density at radius 2 is 1.68 bits per heavy atom. The summed E-state index contributed by atoms with van der Waals surface area (Å²) < 4.78 is 16.5. The van der Waals surface area contributed by atoms with Gasteiger partial charge in [-0.3, -0.25) is 9.59 Å². The highest BCUT2D eigenvalue weighted by Crippen LogP contribution is 2.16. The van der Waals surface area contributed by atoms with Crippen LogP contribution in [0, 0.1) is 0 Å². The maximum absolute atomic E-state index is 12.7. The van der Waals surface area contributed by atoms with E-state index in [1.54, 1.807) is 48.1 Å². The van der Waals surface area contributed by atoms with Crippen molar-refractivity contribution in [3.8, 4) is 11.5 Å². The van der Waals surface area contributed by atoms with Crippen LogP contribution in [0.5, 0.6) is 11.5 Å². The first-order valence-corrected chi connectivity index (χ1v) is 10.5. The SMILES string of the molecule is COc1cccc(CO[C@H](C)C(=O)N2CCN(C(=O)COc3ccc(Cl)cc3)CC2)c1. The van der Waals surface area contributed by atoms with Gasteiger partial charge in [-0.25, -0.2) is 0 Å². The number of benzene rings is 2. The second-order valence-electron chi connectivity index (χ2n) is 7.25. The number of rotatable bonds is 8. The van der Waals surface area contributed by atoms with Gasteiger partial charge < -0.3 is 24.0 Å². The molecule has 0 aromatic heterocycles. The zero-order chi connectivity index (χ0) is 22.2. The van der Waals surface area contributed by atoms with Crippen LogP contribution in [-0.2, 0) is 20.9 Å². The second-order valence-corrected chi connectivity index (χ2v) is 7.69. The van der Waals surface area contributed by atoms with E-state index in [9.17, 15) is 9.59 Å². The summed E-state index contributed by atoms with van der Waals surface area (Å²) in [4.78, 5) is 28.5. The summed E-state index contributed by atoms with van der Waals surface area (Å²) in [6.45, 7) is 3.91. The molecule has 1 atom stereocenters. The summed E-state index contributed by atoms with van der Waals surface area (Å²) in [6, 6.07) is 14.4. The number of methoxy groups -OCH3 is 1. The first-order chi connectivity index (χ1) is 15.0. The molecule has 0 spiro atoms. The fraction of sp³-hybridized carbons (Fsp3) is 0.391. The molecule has 8 heteroatoms. The summed E-state index contributed by atoms with van der Waals surface area (Å²) in [6.07, 6.45) is -0.568. The van der Waals surface area contributed by atoms with Crippen LogP contribution in [0.15, 0.2) is 48.5 Å². The molecule has 0 aliphatic carbocycles. The minimum absolute atomic E-state index is 0.0460. The summed E-state index contributed by atoms with van der Waals surface area (Å²) in [5, 5.41) is 0.612. The number of amides is 2. The smallest absolute Gasteiger partial charge is 0.260 e. The summed E-state index contributed by atoms with van der Waals surface area (Å²) in [5.74, 6) is 1.16. The maximum Gasteiger partial charge on any atom is 0.260 e. The highest BCUT2D eigenvalue weighted by atomic mass is 35.5.